The number of benzene rings is 2. The molecule has 0 atom stereocenters. The molecule has 0 aliphatic heterocycles. The van der Waals surface area contributed by atoms with Gasteiger partial charge in [0.15, 0.2) is 5.82 Å². The minimum atomic E-state index is -4.01. The summed E-state index contributed by atoms with van der Waals surface area (Å²) in [5.41, 5.74) is 0.773. The van der Waals surface area contributed by atoms with Crippen LogP contribution in [0, 0.1) is 6.92 Å². The lowest BCUT2D eigenvalue weighted by molar-refractivity contribution is 0.577. The van der Waals surface area contributed by atoms with Gasteiger partial charge in [-0.3, -0.25) is 4.98 Å². The summed E-state index contributed by atoms with van der Waals surface area (Å²) in [5.74, 6) is 0.210. The lowest BCUT2D eigenvalue weighted by Crippen LogP contribution is -2.26. The van der Waals surface area contributed by atoms with Crippen LogP contribution in [0.15, 0.2) is 64.3 Å². The Balaban J connectivity index is 2.11. The minimum Gasteiger partial charge on any atom is -0.288 e. The highest BCUT2D eigenvalue weighted by molar-refractivity contribution is 7.89. The highest BCUT2D eigenvalue weighted by atomic mass is 32.2. The third-order valence-electron chi connectivity index (χ3n) is 3.18. The van der Waals surface area contributed by atoms with E-state index >= 15 is 0 Å². The van der Waals surface area contributed by atoms with Crippen molar-refractivity contribution in [3.63, 3.8) is 0 Å². The van der Waals surface area contributed by atoms with E-state index in [1.807, 2.05) is 13.0 Å². The summed E-state index contributed by atoms with van der Waals surface area (Å²) >= 11 is 0. The van der Waals surface area contributed by atoms with Crippen LogP contribution in [0.2, 0.25) is 0 Å². The van der Waals surface area contributed by atoms with Gasteiger partial charge in [-0.15, -0.1) is 5.10 Å². The molecule has 7 heteroatoms. The van der Waals surface area contributed by atoms with Gasteiger partial charge in [0.05, 0.1) is 4.90 Å². The highest BCUT2D eigenvalue weighted by Gasteiger charge is 2.22. The highest BCUT2D eigenvalue weighted by Crippen LogP contribution is 2.15. The van der Waals surface area contributed by atoms with Gasteiger partial charge in [0.1, 0.15) is 0 Å². The van der Waals surface area contributed by atoms with E-state index in [4.69, 9.17) is 0 Å². The third kappa shape index (κ3) is 2.46. The SMILES string of the molecule is Cc1ccc(S(=O)(=O)n2nc(-c3ccccc3)[nH]c2=O)cc1. The van der Waals surface area contributed by atoms with Crippen molar-refractivity contribution in [3.8, 4) is 11.4 Å². The first kappa shape index (κ1) is 14.3. The Hall–Kier alpha value is -2.67. The van der Waals surface area contributed by atoms with E-state index in [9.17, 15) is 13.2 Å². The quantitative estimate of drug-likeness (QED) is 0.798. The largest absolute Gasteiger partial charge is 0.358 e. The monoisotopic (exact) mass is 315 g/mol. The van der Waals surface area contributed by atoms with Crippen molar-refractivity contribution in [1.29, 1.82) is 0 Å². The van der Waals surface area contributed by atoms with Crippen molar-refractivity contribution in [2.75, 3.05) is 0 Å². The fraction of sp³-hybridized carbons (Fsp3) is 0.0667. The molecule has 0 spiro atoms. The van der Waals surface area contributed by atoms with Gasteiger partial charge in [0, 0.05) is 5.56 Å². The molecule has 0 radical (unpaired) electrons. The summed E-state index contributed by atoms with van der Waals surface area (Å²) in [7, 11) is -4.01. The number of nitrogens with zero attached hydrogens (tertiary/aromatic N) is 2. The molecule has 22 heavy (non-hydrogen) atoms. The van der Waals surface area contributed by atoms with E-state index in [1.54, 1.807) is 36.4 Å². The zero-order valence-corrected chi connectivity index (χ0v) is 12.5. The lowest BCUT2D eigenvalue weighted by atomic mass is 10.2. The van der Waals surface area contributed by atoms with Crippen molar-refractivity contribution in [2.45, 2.75) is 11.8 Å². The molecule has 0 unspecified atom stereocenters. The molecule has 0 saturated carbocycles. The Kier molecular flexibility index (Phi) is 3.42. The van der Waals surface area contributed by atoms with Crippen LogP contribution in [0.25, 0.3) is 11.4 Å². The topological polar surface area (TPSA) is 84.8 Å². The summed E-state index contributed by atoms with van der Waals surface area (Å²) in [5, 5.41) is 3.91. The molecular weight excluding hydrogens is 302 g/mol. The molecule has 112 valence electrons. The number of hydrogen-bond donors (Lipinski definition) is 1. The number of aromatic amines is 1. The minimum absolute atomic E-state index is 0.0197. The number of aromatic nitrogens is 3. The van der Waals surface area contributed by atoms with Gasteiger partial charge in [0.2, 0.25) is 0 Å². The third-order valence-corrected chi connectivity index (χ3v) is 4.75. The molecule has 6 nitrogen and oxygen atoms in total. The van der Waals surface area contributed by atoms with Gasteiger partial charge in [0.25, 0.3) is 10.0 Å². The fourth-order valence-electron chi connectivity index (χ4n) is 2.01. The molecule has 1 heterocycles. The molecule has 0 amide bonds. The summed E-state index contributed by atoms with van der Waals surface area (Å²) in [6, 6.07) is 15.1. The Labute approximate surface area is 127 Å². The second kappa shape index (κ2) is 5.27. The molecule has 3 rings (SSSR count). The second-order valence-electron chi connectivity index (χ2n) is 4.81. The first-order valence-electron chi connectivity index (χ1n) is 6.55. The van der Waals surface area contributed by atoms with E-state index in [2.05, 4.69) is 10.1 Å². The Morgan fingerprint density at radius 3 is 2.27 bits per heavy atom. The molecule has 2 aromatic carbocycles. The van der Waals surface area contributed by atoms with Gasteiger partial charge < -0.3 is 0 Å². The molecule has 0 aliphatic carbocycles. The van der Waals surface area contributed by atoms with Crippen molar-refractivity contribution in [1.82, 2.24) is 14.2 Å². The number of nitrogens with one attached hydrogen (secondary N) is 1. The van der Waals surface area contributed by atoms with Gasteiger partial charge >= 0.3 is 5.69 Å². The van der Waals surface area contributed by atoms with Crippen molar-refractivity contribution in [2.24, 2.45) is 0 Å². The average Bonchev–Trinajstić information content (AvgIpc) is 2.91. The molecule has 0 aliphatic rings. The van der Waals surface area contributed by atoms with E-state index in [0.29, 0.717) is 9.65 Å². The van der Waals surface area contributed by atoms with E-state index < -0.39 is 15.7 Å². The van der Waals surface area contributed by atoms with Gasteiger partial charge in [-0.1, -0.05) is 52.1 Å². The van der Waals surface area contributed by atoms with Crippen LogP contribution in [0.3, 0.4) is 0 Å². The number of rotatable bonds is 3. The van der Waals surface area contributed by atoms with Crippen LogP contribution in [-0.4, -0.2) is 22.6 Å². The molecule has 3 aromatic rings. The van der Waals surface area contributed by atoms with Crippen LogP contribution in [-0.2, 0) is 10.0 Å². The average molecular weight is 315 g/mol. The maximum Gasteiger partial charge on any atom is 0.358 e. The maximum atomic E-state index is 12.5. The zero-order chi connectivity index (χ0) is 15.7. The molecule has 0 fully saturated rings. The van der Waals surface area contributed by atoms with Crippen LogP contribution in [0.5, 0.6) is 0 Å². The fourth-order valence-corrected chi connectivity index (χ4v) is 3.14. The van der Waals surface area contributed by atoms with Crippen molar-refractivity contribution >= 4 is 10.0 Å². The first-order valence-corrected chi connectivity index (χ1v) is 7.99. The molecule has 0 bridgehead atoms. The maximum absolute atomic E-state index is 12.5. The van der Waals surface area contributed by atoms with Crippen molar-refractivity contribution in [3.05, 3.63) is 70.6 Å². The Morgan fingerprint density at radius 1 is 1.00 bits per heavy atom. The van der Waals surface area contributed by atoms with E-state index in [0.717, 1.165) is 5.56 Å². The normalized spacial score (nSPS) is 11.5. The van der Waals surface area contributed by atoms with Crippen LogP contribution in [0.4, 0.5) is 0 Å². The van der Waals surface area contributed by atoms with Crippen LogP contribution < -0.4 is 5.69 Å². The smallest absolute Gasteiger partial charge is 0.288 e. The number of H-pyrrole nitrogens is 1. The van der Waals surface area contributed by atoms with Crippen LogP contribution >= 0.6 is 0 Å². The Morgan fingerprint density at radius 2 is 1.64 bits per heavy atom. The predicted molar refractivity (Wildman–Crippen MR) is 82.0 cm³/mol. The van der Waals surface area contributed by atoms with Crippen molar-refractivity contribution < 1.29 is 8.42 Å². The molecule has 1 N–H and O–H groups in total. The van der Waals surface area contributed by atoms with Gasteiger partial charge in [-0.05, 0) is 19.1 Å². The summed E-state index contributed by atoms with van der Waals surface area (Å²) < 4.78 is 25.5. The molecular formula is C15H13N3O3S. The van der Waals surface area contributed by atoms with Gasteiger partial charge in [-0.2, -0.15) is 8.42 Å². The zero-order valence-electron chi connectivity index (χ0n) is 11.7. The summed E-state index contributed by atoms with van der Waals surface area (Å²) in [6.07, 6.45) is 0. The van der Waals surface area contributed by atoms with E-state index in [-0.39, 0.29) is 10.7 Å². The number of aryl methyl sites for hydroxylation is 1. The Bertz CT molecular complexity index is 955. The summed E-state index contributed by atoms with van der Waals surface area (Å²) in [6.45, 7) is 1.85. The molecule has 0 saturated heterocycles. The van der Waals surface area contributed by atoms with E-state index in [1.165, 1.54) is 12.1 Å². The lowest BCUT2D eigenvalue weighted by Gasteiger charge is -2.03. The first-order chi connectivity index (χ1) is 10.5. The van der Waals surface area contributed by atoms with Gasteiger partial charge in [-0.25, -0.2) is 4.79 Å². The summed E-state index contributed by atoms with van der Waals surface area (Å²) in [4.78, 5) is 14.5. The predicted octanol–water partition coefficient (Wildman–Crippen LogP) is 1.78. The van der Waals surface area contributed by atoms with Crippen LogP contribution in [0.1, 0.15) is 5.56 Å². The number of hydrogen-bond acceptors (Lipinski definition) is 4. The standard InChI is InChI=1S/C15H13N3O3S/c1-11-7-9-13(10-8-11)22(20,21)18-15(19)16-14(17-18)12-5-3-2-4-6-12/h2-10H,1H3,(H,16,17,19). The second-order valence-corrected chi connectivity index (χ2v) is 6.57. The molecule has 1 aromatic heterocycles.